The first kappa shape index (κ1) is 9.66. The Kier molecular flexibility index (Phi) is 7.49. The van der Waals surface area contributed by atoms with Gasteiger partial charge in [0.25, 0.3) is 0 Å². The van der Waals surface area contributed by atoms with E-state index in [2.05, 4.69) is 4.74 Å². The summed E-state index contributed by atoms with van der Waals surface area (Å²) in [6.07, 6.45) is 0. The first-order valence-electron chi connectivity index (χ1n) is 1.90. The standard InChI is InChI=1S/C4H8O2.H3N/c1-3-6-4(2)5;/h3H2,1-2H3;1H3. The highest BCUT2D eigenvalue weighted by Crippen LogP contribution is 1.69. The summed E-state index contributed by atoms with van der Waals surface area (Å²) >= 11 is 0. The van der Waals surface area contributed by atoms with Gasteiger partial charge in [-0.25, -0.2) is 0 Å². The van der Waals surface area contributed by atoms with E-state index < -0.39 is 0 Å². The normalized spacial score (nSPS) is 6.57. The van der Waals surface area contributed by atoms with Crippen molar-refractivity contribution in [2.24, 2.45) is 0 Å². The van der Waals surface area contributed by atoms with Crippen molar-refractivity contribution < 1.29 is 9.53 Å². The molecular weight excluding hydrogens is 94.0 g/mol. The van der Waals surface area contributed by atoms with E-state index in [4.69, 9.17) is 0 Å². The van der Waals surface area contributed by atoms with Crippen LogP contribution in [0.5, 0.6) is 0 Å². The van der Waals surface area contributed by atoms with Crippen LogP contribution in [-0.4, -0.2) is 12.6 Å². The Hall–Kier alpha value is -0.570. The largest absolute Gasteiger partial charge is 0.466 e. The van der Waals surface area contributed by atoms with Crippen molar-refractivity contribution in [3.8, 4) is 0 Å². The van der Waals surface area contributed by atoms with Crippen LogP contribution in [0.3, 0.4) is 0 Å². The fourth-order valence-electron chi connectivity index (χ4n) is 0.203. The molecule has 3 nitrogen and oxygen atoms in total. The smallest absolute Gasteiger partial charge is 0.302 e. The minimum Gasteiger partial charge on any atom is -0.466 e. The Labute approximate surface area is 43.2 Å². The van der Waals surface area contributed by atoms with Gasteiger partial charge in [-0.05, 0) is 6.92 Å². The fraction of sp³-hybridized carbons (Fsp3) is 0.750. The molecule has 0 spiro atoms. The van der Waals surface area contributed by atoms with Gasteiger partial charge in [-0.1, -0.05) is 0 Å². The molecule has 0 aliphatic carbocycles. The third-order valence-corrected chi connectivity index (χ3v) is 0.348. The zero-order chi connectivity index (χ0) is 4.99. The third kappa shape index (κ3) is 10.8. The van der Waals surface area contributed by atoms with Gasteiger partial charge in [-0.2, -0.15) is 0 Å². The predicted octanol–water partition coefficient (Wildman–Crippen LogP) is 0.731. The van der Waals surface area contributed by atoms with Crippen molar-refractivity contribution in [3.05, 3.63) is 0 Å². The summed E-state index contributed by atoms with van der Waals surface area (Å²) in [5.74, 6) is -0.211. The van der Waals surface area contributed by atoms with Gasteiger partial charge in [0.05, 0.1) is 6.61 Å². The summed E-state index contributed by atoms with van der Waals surface area (Å²) < 4.78 is 4.40. The molecule has 0 aromatic rings. The average Bonchev–Trinajstić information content (AvgIpc) is 1.35. The Morgan fingerprint density at radius 1 is 1.71 bits per heavy atom. The molecule has 3 N–H and O–H groups in total. The highest BCUT2D eigenvalue weighted by atomic mass is 16.5. The van der Waals surface area contributed by atoms with Crippen molar-refractivity contribution in [3.63, 3.8) is 0 Å². The van der Waals surface area contributed by atoms with Crippen LogP contribution in [0.4, 0.5) is 0 Å². The van der Waals surface area contributed by atoms with Crippen LogP contribution >= 0.6 is 0 Å². The molecule has 0 fully saturated rings. The highest BCUT2D eigenvalue weighted by Gasteiger charge is 1.81. The Balaban J connectivity index is 0. The van der Waals surface area contributed by atoms with E-state index in [0.29, 0.717) is 6.61 Å². The predicted molar refractivity (Wildman–Crippen MR) is 27.3 cm³/mol. The van der Waals surface area contributed by atoms with Gasteiger partial charge in [0, 0.05) is 6.92 Å². The first-order chi connectivity index (χ1) is 2.77. The summed E-state index contributed by atoms with van der Waals surface area (Å²) in [7, 11) is 0. The van der Waals surface area contributed by atoms with E-state index >= 15 is 0 Å². The van der Waals surface area contributed by atoms with Crippen LogP contribution in [0.1, 0.15) is 13.8 Å². The SMILES string of the molecule is CCOC(C)=O.N. The van der Waals surface area contributed by atoms with Gasteiger partial charge in [-0.15, -0.1) is 0 Å². The van der Waals surface area contributed by atoms with Gasteiger partial charge in [0.2, 0.25) is 0 Å². The summed E-state index contributed by atoms with van der Waals surface area (Å²) in [4.78, 5) is 9.82. The molecule has 0 bridgehead atoms. The molecule has 0 radical (unpaired) electrons. The monoisotopic (exact) mass is 105 g/mol. The zero-order valence-electron chi connectivity index (χ0n) is 4.73. The van der Waals surface area contributed by atoms with Crippen molar-refractivity contribution in [2.75, 3.05) is 6.61 Å². The molecule has 0 aliphatic heterocycles. The lowest BCUT2D eigenvalue weighted by molar-refractivity contribution is -0.140. The molecule has 0 saturated carbocycles. The maximum Gasteiger partial charge on any atom is 0.302 e. The molecule has 7 heavy (non-hydrogen) atoms. The number of carbonyl (C=O) groups excluding carboxylic acids is 1. The number of esters is 1. The maximum absolute atomic E-state index is 9.82. The molecule has 0 heterocycles. The third-order valence-electron chi connectivity index (χ3n) is 0.348. The van der Waals surface area contributed by atoms with Gasteiger partial charge >= 0.3 is 5.97 Å². The lowest BCUT2D eigenvalue weighted by Crippen LogP contribution is -1.95. The van der Waals surface area contributed by atoms with E-state index in [-0.39, 0.29) is 12.1 Å². The lowest BCUT2D eigenvalue weighted by Gasteiger charge is -1.89. The molecular formula is C4H11NO2. The van der Waals surface area contributed by atoms with Crippen LogP contribution in [0.15, 0.2) is 0 Å². The van der Waals surface area contributed by atoms with E-state index in [0.717, 1.165) is 0 Å². The van der Waals surface area contributed by atoms with E-state index in [9.17, 15) is 4.79 Å². The number of carbonyl (C=O) groups is 1. The molecule has 0 amide bonds. The minimum atomic E-state index is -0.211. The fourth-order valence-corrected chi connectivity index (χ4v) is 0.203. The Morgan fingerprint density at radius 3 is 2.14 bits per heavy atom. The van der Waals surface area contributed by atoms with Crippen molar-refractivity contribution >= 4 is 5.97 Å². The van der Waals surface area contributed by atoms with E-state index in [1.54, 1.807) is 6.92 Å². The molecule has 3 heteroatoms. The maximum atomic E-state index is 9.82. The Bertz CT molecular complexity index is 53.7. The molecule has 0 aromatic carbocycles. The second kappa shape index (κ2) is 5.43. The molecule has 44 valence electrons. The second-order valence-corrected chi connectivity index (χ2v) is 0.925. The Morgan fingerprint density at radius 2 is 2.14 bits per heavy atom. The summed E-state index contributed by atoms with van der Waals surface area (Å²) in [6, 6.07) is 0. The topological polar surface area (TPSA) is 61.3 Å². The van der Waals surface area contributed by atoms with Crippen LogP contribution in [-0.2, 0) is 9.53 Å². The highest BCUT2D eigenvalue weighted by molar-refractivity contribution is 5.65. The minimum absolute atomic E-state index is 0. The quantitative estimate of drug-likeness (QED) is 0.500. The van der Waals surface area contributed by atoms with Crippen molar-refractivity contribution in [2.45, 2.75) is 13.8 Å². The van der Waals surface area contributed by atoms with Crippen LogP contribution < -0.4 is 6.15 Å². The van der Waals surface area contributed by atoms with Crippen LogP contribution in [0, 0.1) is 0 Å². The van der Waals surface area contributed by atoms with Gasteiger partial charge in [0.15, 0.2) is 0 Å². The molecule has 0 rings (SSSR count). The van der Waals surface area contributed by atoms with Crippen molar-refractivity contribution in [1.29, 1.82) is 0 Å². The summed E-state index contributed by atoms with van der Waals surface area (Å²) in [6.45, 7) is 3.65. The van der Waals surface area contributed by atoms with Gasteiger partial charge in [0.1, 0.15) is 0 Å². The van der Waals surface area contributed by atoms with Crippen LogP contribution in [0.2, 0.25) is 0 Å². The lowest BCUT2D eigenvalue weighted by atomic mass is 10.8. The average molecular weight is 105 g/mol. The molecule has 0 aromatic heterocycles. The van der Waals surface area contributed by atoms with E-state index in [1.165, 1.54) is 6.92 Å². The van der Waals surface area contributed by atoms with Gasteiger partial charge < -0.3 is 10.9 Å². The molecule has 0 atom stereocenters. The molecule has 0 saturated heterocycles. The van der Waals surface area contributed by atoms with Gasteiger partial charge in [-0.3, -0.25) is 4.79 Å². The summed E-state index contributed by atoms with van der Waals surface area (Å²) in [5.41, 5.74) is 0. The molecule has 0 unspecified atom stereocenters. The van der Waals surface area contributed by atoms with Crippen molar-refractivity contribution in [1.82, 2.24) is 6.15 Å². The number of rotatable bonds is 1. The number of hydrogen-bond acceptors (Lipinski definition) is 3. The summed E-state index contributed by atoms with van der Waals surface area (Å²) in [5, 5.41) is 0. The number of hydrogen-bond donors (Lipinski definition) is 1. The van der Waals surface area contributed by atoms with E-state index in [1.807, 2.05) is 0 Å². The molecule has 0 aliphatic rings. The van der Waals surface area contributed by atoms with Crippen LogP contribution in [0.25, 0.3) is 0 Å². The zero-order valence-corrected chi connectivity index (χ0v) is 4.73. The number of ether oxygens (including phenoxy) is 1. The first-order valence-corrected chi connectivity index (χ1v) is 1.90. The second-order valence-electron chi connectivity index (χ2n) is 0.925.